The van der Waals surface area contributed by atoms with Gasteiger partial charge in [0.1, 0.15) is 5.82 Å². The lowest BCUT2D eigenvalue weighted by Crippen LogP contribution is -2.58. The number of hydrogen-bond donors (Lipinski definition) is 1. The van der Waals surface area contributed by atoms with Crippen molar-refractivity contribution in [1.29, 1.82) is 0 Å². The number of rotatable bonds is 4. The Labute approximate surface area is 158 Å². The molecule has 1 N–H and O–H groups in total. The number of imide groups is 2. The van der Waals surface area contributed by atoms with Crippen molar-refractivity contribution in [3.8, 4) is 0 Å². The SMILES string of the molecule is COC(=O)c1ccccc1N=C[C@H]1C(=O)NC(=O)N(c2ccccc2F)C1=O. The van der Waals surface area contributed by atoms with E-state index in [0.29, 0.717) is 4.90 Å². The highest BCUT2D eigenvalue weighted by atomic mass is 19.1. The summed E-state index contributed by atoms with van der Waals surface area (Å²) in [5.74, 6) is -4.79. The van der Waals surface area contributed by atoms with Crippen molar-refractivity contribution in [2.75, 3.05) is 12.0 Å². The van der Waals surface area contributed by atoms with E-state index in [0.717, 1.165) is 12.3 Å². The average molecular weight is 383 g/mol. The molecule has 1 aliphatic rings. The molecule has 2 aromatic rings. The molecule has 142 valence electrons. The lowest BCUT2D eigenvalue weighted by Gasteiger charge is -2.28. The van der Waals surface area contributed by atoms with Crippen LogP contribution in [0, 0.1) is 11.7 Å². The van der Waals surface area contributed by atoms with Gasteiger partial charge < -0.3 is 4.74 Å². The second kappa shape index (κ2) is 7.78. The molecule has 1 heterocycles. The molecule has 9 heteroatoms. The second-order valence-corrected chi connectivity index (χ2v) is 5.68. The number of aliphatic imine (C=N–C) groups is 1. The molecule has 1 fully saturated rings. The predicted octanol–water partition coefficient (Wildman–Crippen LogP) is 2.21. The fourth-order valence-corrected chi connectivity index (χ4v) is 2.61. The van der Waals surface area contributed by atoms with Crippen molar-refractivity contribution in [3.63, 3.8) is 0 Å². The number of para-hydroxylation sites is 2. The monoisotopic (exact) mass is 383 g/mol. The molecule has 8 nitrogen and oxygen atoms in total. The van der Waals surface area contributed by atoms with Gasteiger partial charge in [0, 0.05) is 6.21 Å². The van der Waals surface area contributed by atoms with Crippen molar-refractivity contribution in [2.45, 2.75) is 0 Å². The first kappa shape index (κ1) is 18.9. The van der Waals surface area contributed by atoms with E-state index in [1.54, 1.807) is 12.1 Å². The van der Waals surface area contributed by atoms with Gasteiger partial charge >= 0.3 is 12.0 Å². The highest BCUT2D eigenvalue weighted by molar-refractivity contribution is 6.32. The first-order valence-electron chi connectivity index (χ1n) is 8.09. The first-order valence-corrected chi connectivity index (χ1v) is 8.09. The zero-order chi connectivity index (χ0) is 20.3. The lowest BCUT2D eigenvalue weighted by molar-refractivity contribution is -0.131. The van der Waals surface area contributed by atoms with Gasteiger partial charge in [-0.2, -0.15) is 0 Å². The molecule has 1 aliphatic heterocycles. The van der Waals surface area contributed by atoms with Gasteiger partial charge in [0.05, 0.1) is 24.0 Å². The zero-order valence-corrected chi connectivity index (χ0v) is 14.6. The Morgan fingerprint density at radius 2 is 1.82 bits per heavy atom. The summed E-state index contributed by atoms with van der Waals surface area (Å²) in [5, 5.41) is 2.00. The highest BCUT2D eigenvalue weighted by Gasteiger charge is 2.41. The highest BCUT2D eigenvalue weighted by Crippen LogP contribution is 2.24. The van der Waals surface area contributed by atoms with Crippen LogP contribution in [-0.4, -0.2) is 37.1 Å². The molecule has 0 saturated carbocycles. The summed E-state index contributed by atoms with van der Waals surface area (Å²) in [6, 6.07) is 10.3. The van der Waals surface area contributed by atoms with Crippen LogP contribution < -0.4 is 10.2 Å². The number of urea groups is 1. The predicted molar refractivity (Wildman–Crippen MR) is 96.8 cm³/mol. The fourth-order valence-electron chi connectivity index (χ4n) is 2.61. The molecule has 0 radical (unpaired) electrons. The maximum absolute atomic E-state index is 14.0. The minimum absolute atomic E-state index is 0.131. The number of amides is 4. The molecule has 0 bridgehead atoms. The number of hydrogen-bond acceptors (Lipinski definition) is 6. The number of nitrogens with one attached hydrogen (secondary N) is 1. The largest absolute Gasteiger partial charge is 0.465 e. The Hall–Kier alpha value is -3.88. The van der Waals surface area contributed by atoms with Gasteiger partial charge in [-0.3, -0.25) is 19.9 Å². The molecule has 0 spiro atoms. The summed E-state index contributed by atoms with van der Waals surface area (Å²) < 4.78 is 18.7. The van der Waals surface area contributed by atoms with Gasteiger partial charge in [0.2, 0.25) is 5.91 Å². The molecular formula is C19H14FN3O5. The van der Waals surface area contributed by atoms with Gasteiger partial charge in [-0.15, -0.1) is 0 Å². The molecule has 0 aromatic heterocycles. The van der Waals surface area contributed by atoms with Crippen molar-refractivity contribution < 1.29 is 28.3 Å². The number of benzene rings is 2. The van der Waals surface area contributed by atoms with Crippen LogP contribution in [0.2, 0.25) is 0 Å². The van der Waals surface area contributed by atoms with E-state index in [9.17, 15) is 23.6 Å². The topological polar surface area (TPSA) is 105 Å². The molecule has 4 amide bonds. The maximum Gasteiger partial charge on any atom is 0.340 e. The van der Waals surface area contributed by atoms with Crippen molar-refractivity contribution in [3.05, 3.63) is 59.9 Å². The van der Waals surface area contributed by atoms with E-state index >= 15 is 0 Å². The van der Waals surface area contributed by atoms with Gasteiger partial charge in [-0.05, 0) is 24.3 Å². The van der Waals surface area contributed by atoms with Crippen molar-refractivity contribution in [2.24, 2.45) is 10.9 Å². The van der Waals surface area contributed by atoms with Gasteiger partial charge in [0.25, 0.3) is 5.91 Å². The number of anilines is 1. The third kappa shape index (κ3) is 3.50. The van der Waals surface area contributed by atoms with Gasteiger partial charge in [-0.25, -0.2) is 18.9 Å². The number of barbiturate groups is 1. The number of nitrogens with zero attached hydrogens (tertiary/aromatic N) is 2. The Morgan fingerprint density at radius 1 is 1.14 bits per heavy atom. The van der Waals surface area contributed by atoms with Gasteiger partial charge in [-0.1, -0.05) is 24.3 Å². The van der Waals surface area contributed by atoms with Crippen molar-refractivity contribution >= 4 is 41.4 Å². The minimum atomic E-state index is -1.48. The van der Waals surface area contributed by atoms with Crippen LogP contribution in [0.3, 0.4) is 0 Å². The quantitative estimate of drug-likeness (QED) is 0.495. The van der Waals surface area contributed by atoms with E-state index in [1.807, 2.05) is 5.32 Å². The van der Waals surface area contributed by atoms with Crippen LogP contribution >= 0.6 is 0 Å². The number of esters is 1. The molecule has 1 saturated heterocycles. The molecule has 3 rings (SSSR count). The van der Waals surface area contributed by atoms with E-state index in [2.05, 4.69) is 9.73 Å². The van der Waals surface area contributed by atoms with Crippen LogP contribution in [-0.2, 0) is 14.3 Å². The molecular weight excluding hydrogens is 369 g/mol. The number of carbonyl (C=O) groups excluding carboxylic acids is 4. The normalized spacial score (nSPS) is 17.0. The summed E-state index contributed by atoms with van der Waals surface area (Å²) in [6.45, 7) is 0. The summed E-state index contributed by atoms with van der Waals surface area (Å²) in [6.07, 6.45) is 1.000. The average Bonchev–Trinajstić information content (AvgIpc) is 2.68. The molecule has 0 aliphatic carbocycles. The van der Waals surface area contributed by atoms with E-state index < -0.39 is 35.5 Å². The van der Waals surface area contributed by atoms with Crippen molar-refractivity contribution in [1.82, 2.24) is 5.32 Å². The van der Waals surface area contributed by atoms with Crippen LogP contribution in [0.5, 0.6) is 0 Å². The van der Waals surface area contributed by atoms with Crippen LogP contribution in [0.1, 0.15) is 10.4 Å². The zero-order valence-electron chi connectivity index (χ0n) is 14.6. The summed E-state index contributed by atoms with van der Waals surface area (Å²) in [7, 11) is 1.21. The van der Waals surface area contributed by atoms with Gasteiger partial charge in [0.15, 0.2) is 5.92 Å². The van der Waals surface area contributed by atoms with E-state index in [-0.39, 0.29) is 16.9 Å². The fraction of sp³-hybridized carbons (Fsp3) is 0.105. The number of methoxy groups -OCH3 is 1. The maximum atomic E-state index is 14.0. The summed E-state index contributed by atoms with van der Waals surface area (Å²) >= 11 is 0. The molecule has 28 heavy (non-hydrogen) atoms. The molecule has 1 atom stereocenters. The van der Waals surface area contributed by atoms with Crippen LogP contribution in [0.25, 0.3) is 0 Å². The summed E-state index contributed by atoms with van der Waals surface area (Å²) in [5.41, 5.74) is 0.0158. The smallest absolute Gasteiger partial charge is 0.340 e. The Bertz CT molecular complexity index is 1000. The second-order valence-electron chi connectivity index (χ2n) is 5.68. The number of halogens is 1. The van der Waals surface area contributed by atoms with Crippen LogP contribution in [0.15, 0.2) is 53.5 Å². The standard InChI is InChI=1S/C19H14FN3O5/c1-28-18(26)11-6-2-4-8-14(11)21-10-12-16(24)22-19(27)23(17(12)25)15-9-5-3-7-13(15)20/h2-10,12H,1H3,(H,22,24,27)/t12-/m0/s1. The third-order valence-electron chi connectivity index (χ3n) is 3.97. The summed E-state index contributed by atoms with van der Waals surface area (Å²) in [4.78, 5) is 53.2. The van der Waals surface area contributed by atoms with Crippen LogP contribution in [0.4, 0.5) is 20.6 Å². The Morgan fingerprint density at radius 3 is 2.54 bits per heavy atom. The van der Waals surface area contributed by atoms with E-state index in [1.165, 1.54) is 37.4 Å². The molecule has 2 aromatic carbocycles. The Kier molecular flexibility index (Phi) is 5.25. The number of ether oxygens (including phenoxy) is 1. The van der Waals surface area contributed by atoms with E-state index in [4.69, 9.17) is 0 Å². The first-order chi connectivity index (χ1) is 13.4. The Balaban J connectivity index is 1.94. The lowest BCUT2D eigenvalue weighted by atomic mass is 10.1. The third-order valence-corrected chi connectivity index (χ3v) is 3.97. The molecule has 0 unspecified atom stereocenters. The minimum Gasteiger partial charge on any atom is -0.465 e. The number of carbonyl (C=O) groups is 4.